The van der Waals surface area contributed by atoms with Crippen LogP contribution in [-0.4, -0.2) is 56.0 Å². The molecule has 0 aliphatic carbocycles. The van der Waals surface area contributed by atoms with Crippen molar-refractivity contribution in [3.63, 3.8) is 0 Å². The maximum absolute atomic E-state index is 12.7. The van der Waals surface area contributed by atoms with Gasteiger partial charge in [-0.15, -0.1) is 0 Å². The molecule has 2 rings (SSSR count). The molecule has 1 N–H and O–H groups in total. The third-order valence-electron chi connectivity index (χ3n) is 4.87. The minimum absolute atomic E-state index is 0.504. The number of alkyl halides is 3. The quantitative estimate of drug-likeness (QED) is 0.636. The van der Waals surface area contributed by atoms with Crippen molar-refractivity contribution in [2.75, 3.05) is 40.3 Å². The van der Waals surface area contributed by atoms with Gasteiger partial charge in [-0.05, 0) is 49.5 Å². The summed E-state index contributed by atoms with van der Waals surface area (Å²) in [5, 5.41) is 3.41. The van der Waals surface area contributed by atoms with Gasteiger partial charge in [-0.1, -0.05) is 19.1 Å². The predicted molar refractivity (Wildman–Crippen MR) is 99.1 cm³/mol. The van der Waals surface area contributed by atoms with Gasteiger partial charge in [0.1, 0.15) is 0 Å². The van der Waals surface area contributed by atoms with Crippen LogP contribution in [0.25, 0.3) is 0 Å². The lowest BCUT2D eigenvalue weighted by Crippen LogP contribution is -2.44. The fourth-order valence-corrected chi connectivity index (χ4v) is 3.37. The van der Waals surface area contributed by atoms with Crippen LogP contribution in [0.1, 0.15) is 30.9 Å². The number of hydrogen-bond donors (Lipinski definition) is 1. The average molecular weight is 370 g/mol. The zero-order valence-corrected chi connectivity index (χ0v) is 15.8. The Morgan fingerprint density at radius 1 is 1.31 bits per heavy atom. The Labute approximate surface area is 154 Å². The zero-order chi connectivity index (χ0) is 19.2. The molecule has 1 saturated heterocycles. The fourth-order valence-electron chi connectivity index (χ4n) is 3.37. The molecule has 0 aromatic heterocycles. The van der Waals surface area contributed by atoms with Gasteiger partial charge in [0, 0.05) is 33.7 Å². The number of halogens is 3. The van der Waals surface area contributed by atoms with E-state index in [-0.39, 0.29) is 0 Å². The number of benzene rings is 1. The standard InChI is InChI=1S/C19H29F3N4/c1-4-26-11-5-6-16(14-26)12-24-18(23-2)25(3)13-15-7-9-17(10-8-15)19(20,21)22/h7-10,16H,4-6,11-14H2,1-3H3,(H,23,24). The summed E-state index contributed by atoms with van der Waals surface area (Å²) in [5.41, 5.74) is 0.197. The number of nitrogens with one attached hydrogen (secondary N) is 1. The second-order valence-electron chi connectivity index (χ2n) is 6.88. The van der Waals surface area contributed by atoms with Crippen LogP contribution in [0.3, 0.4) is 0 Å². The molecule has 7 heteroatoms. The first kappa shape index (κ1) is 20.6. The van der Waals surface area contributed by atoms with E-state index in [4.69, 9.17) is 0 Å². The third-order valence-corrected chi connectivity index (χ3v) is 4.87. The molecule has 1 aliphatic heterocycles. The molecule has 0 bridgehead atoms. The predicted octanol–water partition coefficient (Wildman–Crippen LogP) is 3.44. The Kier molecular flexibility index (Phi) is 7.32. The zero-order valence-electron chi connectivity index (χ0n) is 15.8. The Morgan fingerprint density at radius 2 is 2.00 bits per heavy atom. The first-order valence-corrected chi connectivity index (χ1v) is 9.13. The highest BCUT2D eigenvalue weighted by Crippen LogP contribution is 2.29. The number of hydrogen-bond acceptors (Lipinski definition) is 2. The molecule has 1 aliphatic rings. The van der Waals surface area contributed by atoms with E-state index in [0.29, 0.717) is 12.5 Å². The maximum atomic E-state index is 12.7. The molecule has 0 amide bonds. The minimum Gasteiger partial charge on any atom is -0.356 e. The SMILES string of the molecule is CCN1CCCC(CNC(=NC)N(C)Cc2ccc(C(F)(F)F)cc2)C1. The van der Waals surface area contributed by atoms with Gasteiger partial charge in [0.25, 0.3) is 0 Å². The molecule has 1 heterocycles. The van der Waals surface area contributed by atoms with Crippen LogP contribution >= 0.6 is 0 Å². The first-order valence-electron chi connectivity index (χ1n) is 9.13. The summed E-state index contributed by atoms with van der Waals surface area (Å²) >= 11 is 0. The molecule has 1 aromatic rings. The molecule has 1 atom stereocenters. The maximum Gasteiger partial charge on any atom is 0.416 e. The van der Waals surface area contributed by atoms with Gasteiger partial charge in [0.2, 0.25) is 0 Å². The van der Waals surface area contributed by atoms with E-state index < -0.39 is 11.7 Å². The van der Waals surface area contributed by atoms with Gasteiger partial charge in [-0.2, -0.15) is 13.2 Å². The molecular weight excluding hydrogens is 341 g/mol. The Morgan fingerprint density at radius 3 is 2.58 bits per heavy atom. The average Bonchev–Trinajstić information content (AvgIpc) is 2.62. The van der Waals surface area contributed by atoms with Crippen LogP contribution in [0.2, 0.25) is 0 Å². The Hall–Kier alpha value is -1.76. The van der Waals surface area contributed by atoms with Crippen molar-refractivity contribution in [3.05, 3.63) is 35.4 Å². The lowest BCUT2D eigenvalue weighted by Gasteiger charge is -2.33. The number of guanidine groups is 1. The molecule has 1 fully saturated rings. The fraction of sp³-hybridized carbons (Fsp3) is 0.632. The van der Waals surface area contributed by atoms with E-state index in [2.05, 4.69) is 22.1 Å². The lowest BCUT2D eigenvalue weighted by molar-refractivity contribution is -0.137. The van der Waals surface area contributed by atoms with Gasteiger partial charge in [0.05, 0.1) is 5.56 Å². The van der Waals surface area contributed by atoms with E-state index in [1.165, 1.54) is 31.5 Å². The molecule has 0 radical (unpaired) electrons. The smallest absolute Gasteiger partial charge is 0.356 e. The van der Waals surface area contributed by atoms with E-state index >= 15 is 0 Å². The Bertz CT molecular complexity index is 583. The lowest BCUT2D eigenvalue weighted by atomic mass is 9.98. The first-order chi connectivity index (χ1) is 12.3. The summed E-state index contributed by atoms with van der Waals surface area (Å²) < 4.78 is 38.0. The van der Waals surface area contributed by atoms with Crippen molar-refractivity contribution in [2.45, 2.75) is 32.5 Å². The summed E-state index contributed by atoms with van der Waals surface area (Å²) in [5.74, 6) is 1.36. The van der Waals surface area contributed by atoms with Crippen LogP contribution in [0.5, 0.6) is 0 Å². The number of piperidine rings is 1. The van der Waals surface area contributed by atoms with Crippen molar-refractivity contribution in [1.29, 1.82) is 0 Å². The number of aliphatic imine (C=N–C) groups is 1. The largest absolute Gasteiger partial charge is 0.416 e. The molecular formula is C19H29F3N4. The van der Waals surface area contributed by atoms with Gasteiger partial charge in [-0.25, -0.2) is 0 Å². The van der Waals surface area contributed by atoms with Crippen LogP contribution in [0.15, 0.2) is 29.3 Å². The monoisotopic (exact) mass is 370 g/mol. The highest BCUT2D eigenvalue weighted by atomic mass is 19.4. The highest BCUT2D eigenvalue weighted by molar-refractivity contribution is 5.79. The van der Waals surface area contributed by atoms with Crippen molar-refractivity contribution in [2.24, 2.45) is 10.9 Å². The number of likely N-dealkylation sites (tertiary alicyclic amines) is 1. The summed E-state index contributed by atoms with van der Waals surface area (Å²) in [7, 11) is 3.62. The van der Waals surface area contributed by atoms with Crippen molar-refractivity contribution in [3.8, 4) is 0 Å². The van der Waals surface area contributed by atoms with E-state index in [1.807, 2.05) is 11.9 Å². The topological polar surface area (TPSA) is 30.9 Å². The van der Waals surface area contributed by atoms with Gasteiger partial charge in [0.15, 0.2) is 5.96 Å². The van der Waals surface area contributed by atoms with Crippen LogP contribution in [-0.2, 0) is 12.7 Å². The molecule has 0 saturated carbocycles. The normalized spacial score (nSPS) is 19.5. The molecule has 4 nitrogen and oxygen atoms in total. The second-order valence-corrected chi connectivity index (χ2v) is 6.88. The Balaban J connectivity index is 1.87. The summed E-state index contributed by atoms with van der Waals surface area (Å²) in [6.45, 7) is 6.91. The summed E-state index contributed by atoms with van der Waals surface area (Å²) in [6, 6.07) is 5.29. The minimum atomic E-state index is -4.30. The highest BCUT2D eigenvalue weighted by Gasteiger charge is 2.30. The second kappa shape index (κ2) is 9.26. The molecule has 1 aromatic carbocycles. The van der Waals surface area contributed by atoms with Gasteiger partial charge >= 0.3 is 6.18 Å². The summed E-state index contributed by atoms with van der Waals surface area (Å²) in [4.78, 5) is 8.70. The van der Waals surface area contributed by atoms with E-state index in [9.17, 15) is 13.2 Å². The molecule has 0 spiro atoms. The number of rotatable bonds is 5. The van der Waals surface area contributed by atoms with E-state index in [0.717, 1.165) is 43.3 Å². The number of nitrogens with zero attached hydrogens (tertiary/aromatic N) is 3. The van der Waals surface area contributed by atoms with Crippen molar-refractivity contribution >= 4 is 5.96 Å². The van der Waals surface area contributed by atoms with E-state index in [1.54, 1.807) is 7.05 Å². The van der Waals surface area contributed by atoms with Crippen molar-refractivity contribution in [1.82, 2.24) is 15.1 Å². The molecule has 1 unspecified atom stereocenters. The van der Waals surface area contributed by atoms with Gasteiger partial charge < -0.3 is 15.1 Å². The summed E-state index contributed by atoms with van der Waals surface area (Å²) in [6.07, 6.45) is -1.86. The molecule has 26 heavy (non-hydrogen) atoms. The van der Waals surface area contributed by atoms with Crippen LogP contribution in [0.4, 0.5) is 13.2 Å². The van der Waals surface area contributed by atoms with Crippen molar-refractivity contribution < 1.29 is 13.2 Å². The van der Waals surface area contributed by atoms with Crippen LogP contribution < -0.4 is 5.32 Å². The third kappa shape index (κ3) is 5.90. The molecule has 146 valence electrons. The van der Waals surface area contributed by atoms with Gasteiger partial charge in [-0.3, -0.25) is 4.99 Å². The van der Waals surface area contributed by atoms with Crippen LogP contribution in [0, 0.1) is 5.92 Å².